The normalized spacial score (nSPS) is 10.6. The molecule has 0 atom stereocenters. The number of nitrogens with one attached hydrogen (secondary N) is 1. The molecule has 128 valence electrons. The van der Waals surface area contributed by atoms with E-state index in [2.05, 4.69) is 10.3 Å². The van der Waals surface area contributed by atoms with Gasteiger partial charge in [0.15, 0.2) is 0 Å². The summed E-state index contributed by atoms with van der Waals surface area (Å²) in [6.45, 7) is 0.770. The molecule has 6 nitrogen and oxygen atoms in total. The lowest BCUT2D eigenvalue weighted by molar-refractivity contribution is 0.0951. The summed E-state index contributed by atoms with van der Waals surface area (Å²) in [5.74, 6) is 0.220. The Labute approximate surface area is 148 Å². The van der Waals surface area contributed by atoms with Crippen molar-refractivity contribution >= 4 is 28.5 Å². The number of ether oxygens (including phenoxy) is 1. The van der Waals surface area contributed by atoms with Gasteiger partial charge in [-0.25, -0.2) is 4.79 Å². The molecular weight excluding hydrogens is 344 g/mol. The Kier molecular flexibility index (Phi) is 5.30. The summed E-state index contributed by atoms with van der Waals surface area (Å²) in [4.78, 5) is 27.4. The molecule has 7 heteroatoms. The Bertz CT molecular complexity index is 941. The number of nitrogens with zero attached hydrogens (tertiary/aromatic N) is 1. The van der Waals surface area contributed by atoms with Crippen LogP contribution in [0, 0.1) is 0 Å². The highest BCUT2D eigenvalue weighted by Crippen LogP contribution is 2.26. The van der Waals surface area contributed by atoms with Crippen LogP contribution in [0.25, 0.3) is 11.0 Å². The fraction of sp³-hybridized carbons (Fsp3) is 0.167. The molecule has 0 unspecified atom stereocenters. The molecule has 1 N–H and O–H groups in total. The van der Waals surface area contributed by atoms with Crippen molar-refractivity contribution in [1.29, 1.82) is 0 Å². The first-order valence-electron chi connectivity index (χ1n) is 7.68. The lowest BCUT2D eigenvalue weighted by Crippen LogP contribution is -2.25. The number of halogens is 1. The van der Waals surface area contributed by atoms with Crippen LogP contribution in [-0.4, -0.2) is 24.0 Å². The quantitative estimate of drug-likeness (QED) is 0.541. The van der Waals surface area contributed by atoms with Crippen LogP contribution in [0.15, 0.2) is 58.0 Å². The van der Waals surface area contributed by atoms with Gasteiger partial charge in [0.05, 0.1) is 23.6 Å². The molecule has 3 rings (SSSR count). The third-order valence-corrected chi connectivity index (χ3v) is 3.69. The predicted molar refractivity (Wildman–Crippen MR) is 94.2 cm³/mol. The SMILES string of the molecule is O=C(NCCCOc1cc(=O)oc2ccc(Cl)cc12)c1cccnc1. The molecule has 3 aromatic rings. The van der Waals surface area contributed by atoms with E-state index >= 15 is 0 Å². The van der Waals surface area contributed by atoms with Crippen molar-refractivity contribution in [3.05, 3.63) is 69.8 Å². The third kappa shape index (κ3) is 4.36. The number of carbonyl (C=O) groups excluding carboxylic acids is 1. The van der Waals surface area contributed by atoms with Gasteiger partial charge in [-0.2, -0.15) is 0 Å². The van der Waals surface area contributed by atoms with Crippen LogP contribution in [0.1, 0.15) is 16.8 Å². The Morgan fingerprint density at radius 1 is 1.28 bits per heavy atom. The average Bonchev–Trinajstić information content (AvgIpc) is 2.62. The molecule has 0 bridgehead atoms. The van der Waals surface area contributed by atoms with Gasteiger partial charge in [-0.15, -0.1) is 0 Å². The van der Waals surface area contributed by atoms with Gasteiger partial charge in [-0.1, -0.05) is 11.6 Å². The zero-order valence-corrected chi connectivity index (χ0v) is 14.0. The average molecular weight is 359 g/mol. The first kappa shape index (κ1) is 17.0. The van der Waals surface area contributed by atoms with Gasteiger partial charge < -0.3 is 14.5 Å². The highest BCUT2D eigenvalue weighted by Gasteiger charge is 2.08. The van der Waals surface area contributed by atoms with E-state index in [1.165, 1.54) is 12.3 Å². The number of hydrogen-bond donors (Lipinski definition) is 1. The second-order valence-electron chi connectivity index (χ2n) is 5.27. The molecule has 0 radical (unpaired) electrons. The van der Waals surface area contributed by atoms with E-state index in [0.29, 0.717) is 46.9 Å². The van der Waals surface area contributed by atoms with Crippen molar-refractivity contribution in [3.8, 4) is 5.75 Å². The molecule has 2 heterocycles. The van der Waals surface area contributed by atoms with Gasteiger partial charge in [0.25, 0.3) is 5.91 Å². The molecule has 0 fully saturated rings. The van der Waals surface area contributed by atoms with Crippen LogP contribution < -0.4 is 15.7 Å². The monoisotopic (exact) mass is 358 g/mol. The highest BCUT2D eigenvalue weighted by atomic mass is 35.5. The van der Waals surface area contributed by atoms with Gasteiger partial charge in [0.1, 0.15) is 11.3 Å². The number of hydrogen-bond acceptors (Lipinski definition) is 5. The number of fused-ring (bicyclic) bond motifs is 1. The van der Waals surface area contributed by atoms with Crippen molar-refractivity contribution in [2.75, 3.05) is 13.2 Å². The Balaban J connectivity index is 1.56. The second kappa shape index (κ2) is 7.81. The molecule has 0 spiro atoms. The van der Waals surface area contributed by atoms with E-state index in [9.17, 15) is 9.59 Å². The molecule has 1 amide bonds. The van der Waals surface area contributed by atoms with Crippen molar-refractivity contribution in [2.45, 2.75) is 6.42 Å². The standard InChI is InChI=1S/C18H15ClN2O4/c19-13-4-5-15-14(9-13)16(10-17(22)25-15)24-8-2-7-21-18(23)12-3-1-6-20-11-12/h1,3-6,9-11H,2,7-8H2,(H,21,23). The Morgan fingerprint density at radius 2 is 2.16 bits per heavy atom. The number of pyridine rings is 1. The van der Waals surface area contributed by atoms with Gasteiger partial charge in [-0.3, -0.25) is 9.78 Å². The van der Waals surface area contributed by atoms with E-state index in [-0.39, 0.29) is 5.91 Å². The fourth-order valence-electron chi connectivity index (χ4n) is 2.28. The van der Waals surface area contributed by atoms with Gasteiger partial charge in [0, 0.05) is 24.0 Å². The topological polar surface area (TPSA) is 81.4 Å². The minimum atomic E-state index is -0.491. The fourth-order valence-corrected chi connectivity index (χ4v) is 2.45. The number of amides is 1. The zero-order valence-electron chi connectivity index (χ0n) is 13.2. The van der Waals surface area contributed by atoms with Crippen molar-refractivity contribution in [3.63, 3.8) is 0 Å². The highest BCUT2D eigenvalue weighted by molar-refractivity contribution is 6.31. The number of rotatable bonds is 6. The number of benzene rings is 1. The smallest absolute Gasteiger partial charge is 0.339 e. The van der Waals surface area contributed by atoms with Crippen LogP contribution in [0.4, 0.5) is 0 Å². The maximum Gasteiger partial charge on any atom is 0.339 e. The van der Waals surface area contributed by atoms with E-state index < -0.39 is 5.63 Å². The molecule has 0 saturated heterocycles. The summed E-state index contributed by atoms with van der Waals surface area (Å²) in [5.41, 5.74) is 0.427. The van der Waals surface area contributed by atoms with Crippen molar-refractivity contribution in [2.24, 2.45) is 0 Å². The molecule has 0 aliphatic heterocycles. The molecule has 25 heavy (non-hydrogen) atoms. The minimum absolute atomic E-state index is 0.189. The number of aromatic nitrogens is 1. The first-order valence-corrected chi connectivity index (χ1v) is 8.06. The predicted octanol–water partition coefficient (Wildman–Crippen LogP) is 3.04. The molecule has 0 saturated carbocycles. The first-order chi connectivity index (χ1) is 12.1. The largest absolute Gasteiger partial charge is 0.492 e. The lowest BCUT2D eigenvalue weighted by Gasteiger charge is -2.09. The van der Waals surface area contributed by atoms with Gasteiger partial charge in [0.2, 0.25) is 0 Å². The van der Waals surface area contributed by atoms with Gasteiger partial charge >= 0.3 is 5.63 Å². The maximum atomic E-state index is 11.9. The van der Waals surface area contributed by atoms with E-state index in [1.807, 2.05) is 0 Å². The Hall–Kier alpha value is -2.86. The molecule has 1 aromatic carbocycles. The maximum absolute atomic E-state index is 11.9. The summed E-state index contributed by atoms with van der Waals surface area (Å²) in [5, 5.41) is 3.94. The molecule has 2 aromatic heterocycles. The van der Waals surface area contributed by atoms with Crippen molar-refractivity contribution < 1.29 is 13.9 Å². The molecule has 0 aliphatic rings. The summed E-state index contributed by atoms with van der Waals surface area (Å²) in [6.07, 6.45) is 3.69. The van der Waals surface area contributed by atoms with Crippen molar-refractivity contribution in [1.82, 2.24) is 10.3 Å². The lowest BCUT2D eigenvalue weighted by atomic mass is 10.2. The van der Waals surface area contributed by atoms with Crippen LogP contribution in [0.5, 0.6) is 5.75 Å². The van der Waals surface area contributed by atoms with Crippen LogP contribution >= 0.6 is 11.6 Å². The van der Waals surface area contributed by atoms with Gasteiger partial charge in [-0.05, 0) is 36.8 Å². The van der Waals surface area contributed by atoms with E-state index in [0.717, 1.165) is 0 Å². The summed E-state index contributed by atoms with van der Waals surface area (Å²) in [6, 6.07) is 9.63. The third-order valence-electron chi connectivity index (χ3n) is 3.45. The molecule has 0 aliphatic carbocycles. The summed E-state index contributed by atoms with van der Waals surface area (Å²) in [7, 11) is 0. The molecular formula is C18H15ClN2O4. The minimum Gasteiger partial charge on any atom is -0.492 e. The second-order valence-corrected chi connectivity index (χ2v) is 5.71. The van der Waals surface area contributed by atoms with Crippen LogP contribution in [0.2, 0.25) is 5.02 Å². The van der Waals surface area contributed by atoms with Crippen LogP contribution in [0.3, 0.4) is 0 Å². The number of carbonyl (C=O) groups is 1. The van der Waals surface area contributed by atoms with E-state index in [4.69, 9.17) is 20.8 Å². The van der Waals surface area contributed by atoms with Crippen LogP contribution in [-0.2, 0) is 0 Å². The Morgan fingerprint density at radius 3 is 2.96 bits per heavy atom. The summed E-state index contributed by atoms with van der Waals surface area (Å²) >= 11 is 5.98. The van der Waals surface area contributed by atoms with E-state index in [1.54, 1.807) is 36.5 Å². The zero-order chi connectivity index (χ0) is 17.6. The summed E-state index contributed by atoms with van der Waals surface area (Å²) < 4.78 is 10.8.